The van der Waals surface area contributed by atoms with Gasteiger partial charge in [-0.2, -0.15) is 0 Å². The molecule has 0 spiro atoms. The predicted octanol–water partition coefficient (Wildman–Crippen LogP) is 4.02. The van der Waals surface area contributed by atoms with Crippen molar-refractivity contribution >= 4 is 0 Å². The molecular weight excluding hydrogens is 255 g/mol. The van der Waals surface area contributed by atoms with Crippen LogP contribution in [0.2, 0.25) is 0 Å². The summed E-state index contributed by atoms with van der Waals surface area (Å²) in [5.74, 6) is 0.844. The van der Waals surface area contributed by atoms with Crippen LogP contribution in [0.3, 0.4) is 0 Å². The van der Waals surface area contributed by atoms with Crippen LogP contribution in [0.25, 0.3) is 11.1 Å². The van der Waals surface area contributed by atoms with Gasteiger partial charge in [0.2, 0.25) is 0 Å². The lowest BCUT2D eigenvalue weighted by Crippen LogP contribution is -2.06. The molecule has 106 valence electrons. The second-order valence-electron chi connectivity index (χ2n) is 5.19. The van der Waals surface area contributed by atoms with Gasteiger partial charge in [0.05, 0.1) is 13.2 Å². The molecule has 20 heavy (non-hydrogen) atoms. The summed E-state index contributed by atoms with van der Waals surface area (Å²) in [4.78, 5) is 0. The Morgan fingerprint density at radius 2 is 1.70 bits per heavy atom. The number of aliphatic hydroxyl groups is 1. The van der Waals surface area contributed by atoms with E-state index in [2.05, 4.69) is 13.8 Å². The molecule has 0 saturated heterocycles. The van der Waals surface area contributed by atoms with Crippen LogP contribution in [-0.2, 0) is 6.61 Å². The molecule has 0 unspecified atom stereocenters. The van der Waals surface area contributed by atoms with Crippen LogP contribution in [0.15, 0.2) is 42.5 Å². The van der Waals surface area contributed by atoms with E-state index in [0.29, 0.717) is 18.3 Å². The quantitative estimate of drug-likeness (QED) is 0.892. The molecule has 0 aromatic heterocycles. The van der Waals surface area contributed by atoms with Gasteiger partial charge in [-0.3, -0.25) is 0 Å². The van der Waals surface area contributed by atoms with Gasteiger partial charge in [-0.05, 0) is 35.2 Å². The molecule has 2 nitrogen and oxygen atoms in total. The van der Waals surface area contributed by atoms with Gasteiger partial charge in [-0.25, -0.2) is 4.39 Å². The molecule has 0 heterocycles. The summed E-state index contributed by atoms with van der Waals surface area (Å²) in [6, 6.07) is 12.0. The minimum atomic E-state index is -0.253. The molecule has 2 rings (SSSR count). The molecule has 0 radical (unpaired) electrons. The molecule has 0 atom stereocenters. The van der Waals surface area contributed by atoms with E-state index >= 15 is 0 Å². The molecule has 2 aromatic carbocycles. The summed E-state index contributed by atoms with van der Waals surface area (Å²) in [7, 11) is 0. The Balaban J connectivity index is 2.31. The average Bonchev–Trinajstić information content (AvgIpc) is 2.45. The normalized spacial score (nSPS) is 10.8. The number of ether oxygens (including phenoxy) is 1. The number of halogens is 1. The van der Waals surface area contributed by atoms with E-state index < -0.39 is 0 Å². The van der Waals surface area contributed by atoms with Gasteiger partial charge in [0, 0.05) is 5.56 Å². The second kappa shape index (κ2) is 6.53. The summed E-state index contributed by atoms with van der Waals surface area (Å²) in [5.41, 5.74) is 2.63. The van der Waals surface area contributed by atoms with Crippen molar-refractivity contribution < 1.29 is 14.2 Å². The minimum absolute atomic E-state index is 0.0584. The maximum atomic E-state index is 13.0. The van der Waals surface area contributed by atoms with E-state index in [1.54, 1.807) is 12.1 Å². The standard InChI is InChI=1S/C17H19FO2/c1-12(2)11-20-17-9-14(3-4-15(17)10-19)13-5-7-16(18)8-6-13/h3-9,12,19H,10-11H2,1-2H3. The first-order valence-electron chi connectivity index (χ1n) is 6.72. The zero-order valence-corrected chi connectivity index (χ0v) is 11.8. The maximum Gasteiger partial charge on any atom is 0.125 e. The lowest BCUT2D eigenvalue weighted by molar-refractivity contribution is 0.246. The average molecular weight is 274 g/mol. The molecule has 0 bridgehead atoms. The number of hydrogen-bond acceptors (Lipinski definition) is 2. The highest BCUT2D eigenvalue weighted by atomic mass is 19.1. The topological polar surface area (TPSA) is 29.5 Å². The summed E-state index contributed by atoms with van der Waals surface area (Å²) in [6.45, 7) is 4.68. The van der Waals surface area contributed by atoms with E-state index in [0.717, 1.165) is 16.7 Å². The summed E-state index contributed by atoms with van der Waals surface area (Å²) in [5, 5.41) is 9.35. The maximum absolute atomic E-state index is 13.0. The van der Waals surface area contributed by atoms with Gasteiger partial charge in [-0.1, -0.05) is 38.1 Å². The summed E-state index contributed by atoms with van der Waals surface area (Å²) >= 11 is 0. The highest BCUT2D eigenvalue weighted by Gasteiger charge is 2.07. The molecule has 3 heteroatoms. The van der Waals surface area contributed by atoms with Crippen molar-refractivity contribution in [2.45, 2.75) is 20.5 Å². The van der Waals surface area contributed by atoms with Crippen molar-refractivity contribution in [3.8, 4) is 16.9 Å². The fourth-order valence-corrected chi connectivity index (χ4v) is 1.90. The third kappa shape index (κ3) is 3.58. The van der Waals surface area contributed by atoms with E-state index in [-0.39, 0.29) is 12.4 Å². The molecular formula is C17H19FO2. The van der Waals surface area contributed by atoms with Gasteiger partial charge >= 0.3 is 0 Å². The Morgan fingerprint density at radius 1 is 1.05 bits per heavy atom. The van der Waals surface area contributed by atoms with Crippen LogP contribution in [0.4, 0.5) is 4.39 Å². The molecule has 0 amide bonds. The molecule has 0 fully saturated rings. The van der Waals surface area contributed by atoms with Crippen LogP contribution < -0.4 is 4.74 Å². The van der Waals surface area contributed by atoms with Crippen LogP contribution in [0.1, 0.15) is 19.4 Å². The highest BCUT2D eigenvalue weighted by Crippen LogP contribution is 2.28. The van der Waals surface area contributed by atoms with Crippen molar-refractivity contribution in [3.05, 3.63) is 53.8 Å². The van der Waals surface area contributed by atoms with E-state index in [1.807, 2.05) is 18.2 Å². The minimum Gasteiger partial charge on any atom is -0.493 e. The van der Waals surface area contributed by atoms with Gasteiger partial charge in [0.15, 0.2) is 0 Å². The van der Waals surface area contributed by atoms with Gasteiger partial charge < -0.3 is 9.84 Å². The molecule has 0 saturated carbocycles. The molecule has 0 aliphatic carbocycles. The third-order valence-corrected chi connectivity index (χ3v) is 2.99. The second-order valence-corrected chi connectivity index (χ2v) is 5.19. The Labute approximate surface area is 118 Å². The highest BCUT2D eigenvalue weighted by molar-refractivity contribution is 5.66. The van der Waals surface area contributed by atoms with Crippen molar-refractivity contribution in [1.29, 1.82) is 0 Å². The zero-order chi connectivity index (χ0) is 14.5. The van der Waals surface area contributed by atoms with Crippen molar-refractivity contribution in [2.75, 3.05) is 6.61 Å². The first kappa shape index (κ1) is 14.5. The Morgan fingerprint density at radius 3 is 2.30 bits per heavy atom. The van der Waals surface area contributed by atoms with Gasteiger partial charge in [0.1, 0.15) is 11.6 Å². The van der Waals surface area contributed by atoms with Crippen LogP contribution in [0, 0.1) is 11.7 Å². The molecule has 2 aromatic rings. The fraction of sp³-hybridized carbons (Fsp3) is 0.294. The van der Waals surface area contributed by atoms with Gasteiger partial charge in [-0.15, -0.1) is 0 Å². The Bertz CT molecular complexity index is 562. The first-order chi connectivity index (χ1) is 9.60. The monoisotopic (exact) mass is 274 g/mol. The van der Waals surface area contributed by atoms with Crippen molar-refractivity contribution in [1.82, 2.24) is 0 Å². The molecule has 0 aliphatic heterocycles. The molecule has 0 aliphatic rings. The Kier molecular flexibility index (Phi) is 4.74. The van der Waals surface area contributed by atoms with Crippen molar-refractivity contribution in [3.63, 3.8) is 0 Å². The predicted molar refractivity (Wildman–Crippen MR) is 78.1 cm³/mol. The van der Waals surface area contributed by atoms with E-state index in [1.165, 1.54) is 12.1 Å². The smallest absolute Gasteiger partial charge is 0.125 e. The lowest BCUT2D eigenvalue weighted by atomic mass is 10.0. The number of aliphatic hydroxyl groups excluding tert-OH is 1. The largest absolute Gasteiger partial charge is 0.493 e. The molecule has 1 N–H and O–H groups in total. The summed E-state index contributed by atoms with van der Waals surface area (Å²) < 4.78 is 18.7. The van der Waals surface area contributed by atoms with E-state index in [9.17, 15) is 9.50 Å². The summed E-state index contributed by atoms with van der Waals surface area (Å²) in [6.07, 6.45) is 0. The first-order valence-corrected chi connectivity index (χ1v) is 6.72. The fourth-order valence-electron chi connectivity index (χ4n) is 1.90. The van der Waals surface area contributed by atoms with Crippen LogP contribution in [-0.4, -0.2) is 11.7 Å². The number of rotatable bonds is 5. The SMILES string of the molecule is CC(C)COc1cc(-c2ccc(F)cc2)ccc1CO. The van der Waals surface area contributed by atoms with Crippen molar-refractivity contribution in [2.24, 2.45) is 5.92 Å². The van der Waals surface area contributed by atoms with Crippen LogP contribution >= 0.6 is 0 Å². The Hall–Kier alpha value is -1.87. The van der Waals surface area contributed by atoms with Gasteiger partial charge in [0.25, 0.3) is 0 Å². The van der Waals surface area contributed by atoms with Crippen LogP contribution in [0.5, 0.6) is 5.75 Å². The lowest BCUT2D eigenvalue weighted by Gasteiger charge is -2.13. The number of hydrogen-bond donors (Lipinski definition) is 1. The van der Waals surface area contributed by atoms with E-state index in [4.69, 9.17) is 4.74 Å². The third-order valence-electron chi connectivity index (χ3n) is 2.99. The zero-order valence-electron chi connectivity index (χ0n) is 11.8. The number of benzene rings is 2.